The Morgan fingerprint density at radius 1 is 0.493 bits per heavy atom. The van der Waals surface area contributed by atoms with Crippen LogP contribution in [0.1, 0.15) is 49.9 Å². The zero-order valence-electron chi connectivity index (χ0n) is 38.4. The van der Waals surface area contributed by atoms with E-state index in [0.717, 1.165) is 32.7 Å². The highest BCUT2D eigenvalue weighted by Gasteiger charge is 2.45. The third-order valence-corrected chi connectivity index (χ3v) is 14.5. The molecule has 0 aliphatic heterocycles. The molecule has 0 bridgehead atoms. The lowest BCUT2D eigenvalue weighted by Crippen LogP contribution is -2.58. The lowest BCUT2D eigenvalue weighted by Gasteiger charge is -2.35. The Morgan fingerprint density at radius 2 is 0.881 bits per heavy atom. The molecule has 0 saturated heterocycles. The summed E-state index contributed by atoms with van der Waals surface area (Å²) in [5.41, 5.74) is 15.9. The van der Waals surface area contributed by atoms with Crippen LogP contribution < -0.4 is 32.7 Å². The van der Waals surface area contributed by atoms with Crippen molar-refractivity contribution in [1.82, 2.24) is 21.3 Å². The van der Waals surface area contributed by atoms with Gasteiger partial charge in [0.15, 0.2) is 5.85 Å². The van der Waals surface area contributed by atoms with Crippen molar-refractivity contribution in [2.75, 3.05) is 0 Å². The van der Waals surface area contributed by atoms with Crippen molar-refractivity contribution in [1.29, 1.82) is 0 Å². The number of amides is 4. The molecule has 352 valence electrons. The van der Waals surface area contributed by atoms with Gasteiger partial charge in [-0.2, -0.15) is 0 Å². The van der Waals surface area contributed by atoms with Crippen LogP contribution in [-0.2, 0) is 49.4 Å². The van der Waals surface area contributed by atoms with Crippen LogP contribution >= 0.6 is 7.37 Å². The number of hydrogen-bond acceptors (Lipinski definition) is 8. The molecule has 0 fully saturated rings. The summed E-state index contributed by atoms with van der Waals surface area (Å²) in [6.45, 7) is 6.94. The average Bonchev–Trinajstić information content (AvgIpc) is 3.32. The van der Waals surface area contributed by atoms with Crippen molar-refractivity contribution < 1.29 is 33.7 Å². The zero-order chi connectivity index (χ0) is 48.3. The number of nitrogens with one attached hydrogen (secondary N) is 4. The first-order chi connectivity index (χ1) is 32.0. The van der Waals surface area contributed by atoms with E-state index in [9.17, 15) is 33.7 Å². The number of nitrogens with two attached hydrogens (primary N) is 2. The van der Waals surface area contributed by atoms with Crippen LogP contribution in [-0.4, -0.2) is 75.5 Å². The third-order valence-electron chi connectivity index (χ3n) is 12.2. The Bertz CT molecular complexity index is 2670. The highest BCUT2D eigenvalue weighted by molar-refractivity contribution is 7.59. The fraction of sp³-hybridized carbons (Fsp3) is 0.321. The van der Waals surface area contributed by atoms with Gasteiger partial charge >= 0.3 is 0 Å². The fourth-order valence-corrected chi connectivity index (χ4v) is 10.2. The first kappa shape index (κ1) is 50.2. The minimum Gasteiger partial charge on any atom is -0.381 e. The van der Waals surface area contributed by atoms with Crippen LogP contribution in [0.2, 0.25) is 0 Å². The van der Waals surface area contributed by atoms with E-state index >= 15 is 0 Å². The standard InChI is InChI=1S/C53H63N6O7P/c1-33(2)47(58-49(60)43(54)31-39-25-15-23-37-21-11-13-27-41(37)39)51(62)56-45(29-35-17-7-5-8-18-35)53(64)67(65,66)46(30-36-19-9-6-10-20-36)57-52(63)48(34(3)4)59-50(61)44(55)32-40-26-16-24-38-22-12-14-28-42(38)40/h5-28,33-34,43-48,53,64H,29-32,54-55H2,1-4H3,(H,56,62)(H,57,63)(H,58,60)(H,59,61)(H,65,66)/t43-,44-,45?,46+,47-,48-,53?/m0/s1. The molecular formula is C53H63N6O7P. The molecule has 6 aromatic carbocycles. The maximum atomic E-state index is 15.0. The molecule has 0 radical (unpaired) electrons. The second kappa shape index (κ2) is 23.0. The smallest absolute Gasteiger partial charge is 0.252 e. The number of aliphatic hydroxyl groups excluding tert-OH is 1. The van der Waals surface area contributed by atoms with Gasteiger partial charge in [-0.15, -0.1) is 0 Å². The molecule has 6 aromatic rings. The molecule has 0 aliphatic carbocycles. The normalized spacial score (nSPS) is 15.7. The monoisotopic (exact) mass is 926 g/mol. The second-order valence-corrected chi connectivity index (χ2v) is 20.5. The predicted octanol–water partition coefficient (Wildman–Crippen LogP) is 5.72. The Labute approximate surface area is 392 Å². The van der Waals surface area contributed by atoms with Gasteiger partial charge in [-0.3, -0.25) is 23.7 Å². The van der Waals surface area contributed by atoms with Crippen LogP contribution in [0.5, 0.6) is 0 Å². The van der Waals surface area contributed by atoms with E-state index in [2.05, 4.69) is 21.3 Å². The van der Waals surface area contributed by atoms with Crippen LogP contribution in [0.3, 0.4) is 0 Å². The Balaban J connectivity index is 1.22. The van der Waals surface area contributed by atoms with E-state index in [4.69, 9.17) is 11.5 Å². The fourth-order valence-electron chi connectivity index (χ4n) is 8.37. The van der Waals surface area contributed by atoms with Gasteiger partial charge in [0.25, 0.3) is 7.37 Å². The first-order valence-corrected chi connectivity index (χ1v) is 24.6. The van der Waals surface area contributed by atoms with E-state index in [1.54, 1.807) is 88.4 Å². The van der Waals surface area contributed by atoms with Crippen molar-refractivity contribution in [2.45, 2.75) is 95.2 Å². The highest BCUT2D eigenvalue weighted by Crippen LogP contribution is 2.52. The summed E-state index contributed by atoms with van der Waals surface area (Å²) in [6, 6.07) is 38.9. The van der Waals surface area contributed by atoms with Crippen LogP contribution in [0.4, 0.5) is 0 Å². The summed E-state index contributed by atoms with van der Waals surface area (Å²) in [6.07, 6.45) is 0.142. The highest BCUT2D eigenvalue weighted by atomic mass is 31.2. The number of rotatable bonds is 21. The molecule has 0 aliphatic rings. The number of carbonyl (C=O) groups excluding carboxylic acids is 4. The van der Waals surface area contributed by atoms with E-state index in [0.29, 0.717) is 11.1 Å². The maximum Gasteiger partial charge on any atom is 0.252 e. The lowest BCUT2D eigenvalue weighted by atomic mass is 9.97. The minimum atomic E-state index is -4.95. The average molecular weight is 927 g/mol. The Hall–Kier alpha value is -6.21. The van der Waals surface area contributed by atoms with Gasteiger partial charge in [-0.1, -0.05) is 173 Å². The summed E-state index contributed by atoms with van der Waals surface area (Å²) in [7, 11) is -4.95. The molecule has 0 saturated carbocycles. The minimum absolute atomic E-state index is 0.0804. The number of benzene rings is 6. The second-order valence-electron chi connectivity index (χ2n) is 18.0. The van der Waals surface area contributed by atoms with Crippen molar-refractivity contribution in [2.24, 2.45) is 23.3 Å². The molecule has 6 rings (SSSR count). The molecule has 3 unspecified atom stereocenters. The molecule has 67 heavy (non-hydrogen) atoms. The lowest BCUT2D eigenvalue weighted by molar-refractivity contribution is -0.131. The number of carbonyl (C=O) groups is 4. The van der Waals surface area contributed by atoms with Gasteiger partial charge in [0.1, 0.15) is 17.9 Å². The Morgan fingerprint density at radius 3 is 1.33 bits per heavy atom. The van der Waals surface area contributed by atoms with Crippen LogP contribution in [0.15, 0.2) is 146 Å². The third kappa shape index (κ3) is 13.0. The molecule has 10 N–H and O–H groups in total. The van der Waals surface area contributed by atoms with E-state index < -0.39 is 84.7 Å². The van der Waals surface area contributed by atoms with Gasteiger partial charge in [0, 0.05) is 6.42 Å². The number of hydrogen-bond donors (Lipinski definition) is 8. The van der Waals surface area contributed by atoms with Crippen molar-refractivity contribution in [3.63, 3.8) is 0 Å². The van der Waals surface area contributed by atoms with Gasteiger partial charge in [-0.25, -0.2) is 0 Å². The zero-order valence-corrected chi connectivity index (χ0v) is 39.3. The van der Waals surface area contributed by atoms with E-state index in [1.807, 2.05) is 84.9 Å². The molecule has 4 amide bonds. The number of fused-ring (bicyclic) bond motifs is 2. The summed E-state index contributed by atoms with van der Waals surface area (Å²) < 4.78 is 15.0. The van der Waals surface area contributed by atoms with Crippen molar-refractivity contribution >= 4 is 52.5 Å². The SMILES string of the molecule is CC(C)[C@H](NC(=O)[C@@H](N)Cc1cccc2ccccc12)C(=O)NC(Cc1ccccc1)C(O)P(=O)(O)[C@H](Cc1ccccc1)NC(=O)[C@@H](NC(=O)[C@@H](N)Cc1cccc2ccccc12)C(C)C. The topological polar surface area (TPSA) is 226 Å². The molecule has 0 aromatic heterocycles. The Kier molecular flexibility index (Phi) is 17.2. The van der Waals surface area contributed by atoms with Crippen molar-refractivity contribution in [3.8, 4) is 0 Å². The number of aliphatic hydroxyl groups is 1. The maximum absolute atomic E-state index is 15.0. The molecule has 14 heteroatoms. The van der Waals surface area contributed by atoms with Gasteiger partial charge in [0.2, 0.25) is 23.6 Å². The predicted molar refractivity (Wildman–Crippen MR) is 265 cm³/mol. The van der Waals surface area contributed by atoms with Gasteiger partial charge in [-0.05, 0) is 74.9 Å². The summed E-state index contributed by atoms with van der Waals surface area (Å²) in [5, 5.41) is 27.1. The summed E-state index contributed by atoms with van der Waals surface area (Å²) in [5.74, 6) is -7.25. The summed E-state index contributed by atoms with van der Waals surface area (Å²) in [4.78, 5) is 68.1. The van der Waals surface area contributed by atoms with Crippen molar-refractivity contribution in [3.05, 3.63) is 168 Å². The first-order valence-electron chi connectivity index (χ1n) is 22.8. The molecule has 8 atom stereocenters. The van der Waals surface area contributed by atoms with Crippen LogP contribution in [0.25, 0.3) is 21.5 Å². The molecular weight excluding hydrogens is 864 g/mol. The van der Waals surface area contributed by atoms with Gasteiger partial charge < -0.3 is 42.7 Å². The summed E-state index contributed by atoms with van der Waals surface area (Å²) >= 11 is 0. The van der Waals surface area contributed by atoms with Crippen LogP contribution in [0, 0.1) is 11.8 Å². The largest absolute Gasteiger partial charge is 0.381 e. The molecule has 0 heterocycles. The molecule has 13 nitrogen and oxygen atoms in total. The van der Waals surface area contributed by atoms with E-state index in [-0.39, 0.29) is 25.7 Å². The van der Waals surface area contributed by atoms with E-state index in [1.165, 1.54) is 0 Å². The molecule has 0 spiro atoms. The quantitative estimate of drug-likeness (QED) is 0.0413. The van der Waals surface area contributed by atoms with Gasteiger partial charge in [0.05, 0.1) is 18.1 Å².